The second kappa shape index (κ2) is 5.38. The number of carbonyl (C=O) groups is 1. The number of fused-ring (bicyclic) bond motifs is 1. The van der Waals surface area contributed by atoms with E-state index in [9.17, 15) is 13.6 Å². The lowest BCUT2D eigenvalue weighted by atomic mass is 10.1. The van der Waals surface area contributed by atoms with Gasteiger partial charge in [-0.25, -0.2) is 9.78 Å². The third-order valence-corrected chi connectivity index (χ3v) is 3.93. The number of aromatic nitrogens is 1. The van der Waals surface area contributed by atoms with Gasteiger partial charge < -0.3 is 9.47 Å². The summed E-state index contributed by atoms with van der Waals surface area (Å²) < 4.78 is 35.1. The fourth-order valence-corrected chi connectivity index (χ4v) is 3.09. The lowest BCUT2D eigenvalue weighted by molar-refractivity contribution is -0.0494. The smallest absolute Gasteiger partial charge is 0.387 e. The van der Waals surface area contributed by atoms with E-state index in [2.05, 4.69) is 30.4 Å². The number of thiazole rings is 1. The van der Waals surface area contributed by atoms with Crippen LogP contribution >= 0.6 is 27.3 Å². The number of carbonyl (C=O) groups excluding carboxylic acids is 1. The monoisotopic (exact) mass is 351 g/mol. The third kappa shape index (κ3) is 2.69. The molecule has 19 heavy (non-hydrogen) atoms. The Kier molecular flexibility index (Phi) is 4.00. The average molecular weight is 352 g/mol. The molecule has 0 unspecified atom stereocenters. The van der Waals surface area contributed by atoms with E-state index in [0.29, 0.717) is 14.1 Å². The molecule has 0 atom stereocenters. The first-order valence-electron chi connectivity index (χ1n) is 5.06. The van der Waals surface area contributed by atoms with Crippen molar-refractivity contribution < 1.29 is 23.0 Å². The molecule has 0 N–H and O–H groups in total. The van der Waals surface area contributed by atoms with Crippen LogP contribution in [0.1, 0.15) is 15.9 Å². The van der Waals surface area contributed by atoms with Gasteiger partial charge in [-0.3, -0.25) is 0 Å². The Morgan fingerprint density at radius 3 is 2.79 bits per heavy atom. The van der Waals surface area contributed by atoms with Crippen molar-refractivity contribution in [1.82, 2.24) is 4.98 Å². The Bertz CT molecular complexity index is 644. The maximum atomic E-state index is 12.5. The zero-order chi connectivity index (χ0) is 14.2. The fraction of sp³-hybridized carbons (Fsp3) is 0.273. The number of halogens is 3. The topological polar surface area (TPSA) is 48.4 Å². The molecule has 0 aliphatic rings. The van der Waals surface area contributed by atoms with Crippen molar-refractivity contribution in [2.45, 2.75) is 13.5 Å². The normalized spacial score (nSPS) is 11.1. The predicted molar refractivity (Wildman–Crippen MR) is 70.0 cm³/mol. The minimum absolute atomic E-state index is 0.102. The number of hydrogen-bond acceptors (Lipinski definition) is 5. The number of ether oxygens (including phenoxy) is 2. The number of nitrogens with zero attached hydrogens (tertiary/aromatic N) is 1. The zero-order valence-electron chi connectivity index (χ0n) is 9.87. The first kappa shape index (κ1) is 14.1. The van der Waals surface area contributed by atoms with E-state index in [1.807, 2.05) is 0 Å². The molecule has 0 saturated heterocycles. The Morgan fingerprint density at radius 1 is 1.53 bits per heavy atom. The van der Waals surface area contributed by atoms with Gasteiger partial charge in [-0.05, 0) is 28.9 Å². The number of hydrogen-bond donors (Lipinski definition) is 0. The molecule has 0 aliphatic heterocycles. The summed E-state index contributed by atoms with van der Waals surface area (Å²) in [4.78, 5) is 15.7. The quantitative estimate of drug-likeness (QED) is 0.790. The van der Waals surface area contributed by atoms with E-state index in [1.165, 1.54) is 25.4 Å². The van der Waals surface area contributed by atoms with Crippen LogP contribution in [0.2, 0.25) is 0 Å². The predicted octanol–water partition coefficient (Wildman–Crippen LogP) is 3.76. The summed E-state index contributed by atoms with van der Waals surface area (Å²) in [5.74, 6) is -0.710. The van der Waals surface area contributed by atoms with Gasteiger partial charge in [-0.1, -0.05) is 0 Å². The van der Waals surface area contributed by atoms with Crippen LogP contribution in [0.15, 0.2) is 9.98 Å². The Hall–Kier alpha value is -1.28. The molecule has 4 nitrogen and oxygen atoms in total. The van der Waals surface area contributed by atoms with Gasteiger partial charge in [-0.15, -0.1) is 11.3 Å². The standard InChI is InChI=1S/C11H8BrF2NO3S/c1-4-5(9(16)17-2)3-6-7(15-10(12)19-6)8(4)18-11(13)14/h3,11H,1-2H3. The van der Waals surface area contributed by atoms with Crippen molar-refractivity contribution in [3.63, 3.8) is 0 Å². The minimum atomic E-state index is -2.99. The first-order valence-corrected chi connectivity index (χ1v) is 6.67. The second-order valence-corrected chi connectivity index (χ2v) is 5.87. The van der Waals surface area contributed by atoms with E-state index in [1.54, 1.807) is 6.07 Å². The summed E-state index contributed by atoms with van der Waals surface area (Å²) in [5, 5.41) is 0. The van der Waals surface area contributed by atoms with Gasteiger partial charge in [0.25, 0.3) is 0 Å². The van der Waals surface area contributed by atoms with Crippen LogP contribution in [-0.4, -0.2) is 24.7 Å². The minimum Gasteiger partial charge on any atom is -0.465 e. The van der Waals surface area contributed by atoms with E-state index in [-0.39, 0.29) is 16.9 Å². The van der Waals surface area contributed by atoms with Crippen molar-refractivity contribution >= 4 is 43.5 Å². The van der Waals surface area contributed by atoms with Gasteiger partial charge in [0.05, 0.1) is 17.4 Å². The van der Waals surface area contributed by atoms with Crippen LogP contribution in [0.4, 0.5) is 8.78 Å². The van der Waals surface area contributed by atoms with Crippen LogP contribution in [-0.2, 0) is 4.74 Å². The molecular formula is C11H8BrF2NO3S. The van der Waals surface area contributed by atoms with Crippen molar-refractivity contribution in [2.75, 3.05) is 7.11 Å². The van der Waals surface area contributed by atoms with Gasteiger partial charge in [0, 0.05) is 5.56 Å². The van der Waals surface area contributed by atoms with E-state index in [0.717, 1.165) is 0 Å². The fourth-order valence-electron chi connectivity index (χ4n) is 1.66. The molecule has 0 spiro atoms. The Balaban J connectivity index is 2.72. The largest absolute Gasteiger partial charge is 0.465 e. The highest BCUT2D eigenvalue weighted by atomic mass is 79.9. The molecule has 2 rings (SSSR count). The van der Waals surface area contributed by atoms with Crippen LogP contribution in [0.25, 0.3) is 10.2 Å². The summed E-state index contributed by atoms with van der Waals surface area (Å²) in [7, 11) is 1.22. The average Bonchev–Trinajstić information content (AvgIpc) is 2.71. The highest BCUT2D eigenvalue weighted by Gasteiger charge is 2.21. The molecule has 0 bridgehead atoms. The number of esters is 1. The molecule has 0 radical (unpaired) electrons. The summed E-state index contributed by atoms with van der Waals surface area (Å²) in [6.45, 7) is -1.48. The highest BCUT2D eigenvalue weighted by molar-refractivity contribution is 9.11. The number of rotatable bonds is 3. The molecule has 1 heterocycles. The molecule has 0 aliphatic carbocycles. The number of benzene rings is 1. The van der Waals surface area contributed by atoms with Crippen molar-refractivity contribution in [3.8, 4) is 5.75 Å². The lowest BCUT2D eigenvalue weighted by Gasteiger charge is -2.11. The molecular weight excluding hydrogens is 344 g/mol. The zero-order valence-corrected chi connectivity index (χ0v) is 12.3. The van der Waals surface area contributed by atoms with Gasteiger partial charge in [0.2, 0.25) is 0 Å². The van der Waals surface area contributed by atoms with Gasteiger partial charge in [0.1, 0.15) is 5.52 Å². The van der Waals surface area contributed by atoms with Gasteiger partial charge in [0.15, 0.2) is 9.67 Å². The first-order chi connectivity index (χ1) is 8.93. The molecule has 1 aromatic carbocycles. The van der Waals surface area contributed by atoms with Crippen LogP contribution < -0.4 is 4.74 Å². The molecule has 2 aromatic rings. The van der Waals surface area contributed by atoms with E-state index in [4.69, 9.17) is 0 Å². The maximum Gasteiger partial charge on any atom is 0.387 e. The number of alkyl halides is 2. The Labute approximate surface area is 119 Å². The third-order valence-electron chi connectivity index (χ3n) is 2.47. The summed E-state index contributed by atoms with van der Waals surface area (Å²) in [6.07, 6.45) is 0. The SMILES string of the molecule is COC(=O)c1cc2sc(Br)nc2c(OC(F)F)c1C. The molecule has 102 valence electrons. The molecule has 1 aromatic heterocycles. The van der Waals surface area contributed by atoms with Crippen molar-refractivity contribution in [1.29, 1.82) is 0 Å². The molecule has 8 heteroatoms. The van der Waals surface area contributed by atoms with E-state index < -0.39 is 12.6 Å². The van der Waals surface area contributed by atoms with Crippen molar-refractivity contribution in [2.24, 2.45) is 0 Å². The maximum absolute atomic E-state index is 12.5. The Morgan fingerprint density at radius 2 is 2.21 bits per heavy atom. The number of methoxy groups -OCH3 is 1. The summed E-state index contributed by atoms with van der Waals surface area (Å²) in [5.41, 5.74) is 0.751. The summed E-state index contributed by atoms with van der Waals surface area (Å²) >= 11 is 4.39. The molecule has 0 saturated carbocycles. The van der Waals surface area contributed by atoms with Crippen LogP contribution in [0.5, 0.6) is 5.75 Å². The van der Waals surface area contributed by atoms with Crippen LogP contribution in [0.3, 0.4) is 0 Å². The van der Waals surface area contributed by atoms with E-state index >= 15 is 0 Å². The van der Waals surface area contributed by atoms with Crippen LogP contribution in [0, 0.1) is 6.92 Å². The highest BCUT2D eigenvalue weighted by Crippen LogP contribution is 2.37. The second-order valence-electron chi connectivity index (χ2n) is 3.56. The molecule has 0 fully saturated rings. The van der Waals surface area contributed by atoms with Gasteiger partial charge in [-0.2, -0.15) is 8.78 Å². The molecule has 0 amide bonds. The lowest BCUT2D eigenvalue weighted by Crippen LogP contribution is -2.09. The van der Waals surface area contributed by atoms with Crippen molar-refractivity contribution in [3.05, 3.63) is 21.1 Å². The van der Waals surface area contributed by atoms with Gasteiger partial charge >= 0.3 is 12.6 Å². The summed E-state index contributed by atoms with van der Waals surface area (Å²) in [6, 6.07) is 1.55.